The van der Waals surface area contributed by atoms with Crippen LogP contribution in [0.15, 0.2) is 106 Å². The number of hydrogen-bond acceptors (Lipinski definition) is 8. The summed E-state index contributed by atoms with van der Waals surface area (Å²) in [5, 5.41) is 9.09. The molecule has 252 valence electrons. The standard InChI is InChI=1S/C40H34IN3O5S/c1-5-48-39(46)34-35(29-9-7-6-8-10-29)43-40-44(36(34)30-17-15-28(16-18-30)24(2)3)38(45)33(50-40)21-27-19-31(41)37(32(20-27)47-4)49-23-26-13-11-25(22-42)12-14-26/h6-21,24,36H,5,23H2,1-4H3/b33-21-/t36-/m1/s1. The molecular weight excluding hydrogens is 761 g/mol. The number of thiazole rings is 1. The van der Waals surface area contributed by atoms with E-state index in [2.05, 4.69) is 42.5 Å². The fourth-order valence-corrected chi connectivity index (χ4v) is 7.55. The Morgan fingerprint density at radius 2 is 1.78 bits per heavy atom. The second-order valence-electron chi connectivity index (χ2n) is 11.9. The van der Waals surface area contributed by atoms with Crippen molar-refractivity contribution in [1.29, 1.82) is 5.26 Å². The number of methoxy groups -OCH3 is 1. The van der Waals surface area contributed by atoms with Crippen molar-refractivity contribution in [2.24, 2.45) is 4.99 Å². The number of rotatable bonds is 10. The van der Waals surface area contributed by atoms with Crippen LogP contribution in [0.5, 0.6) is 11.5 Å². The number of halogens is 1. The Kier molecular flexibility index (Phi) is 10.6. The van der Waals surface area contributed by atoms with Gasteiger partial charge in [-0.3, -0.25) is 9.36 Å². The van der Waals surface area contributed by atoms with E-state index in [0.717, 1.165) is 31.4 Å². The highest BCUT2D eigenvalue weighted by Gasteiger charge is 2.35. The van der Waals surface area contributed by atoms with Crippen molar-refractivity contribution < 1.29 is 19.0 Å². The first-order valence-electron chi connectivity index (χ1n) is 16.1. The summed E-state index contributed by atoms with van der Waals surface area (Å²) in [4.78, 5) is 33.6. The zero-order chi connectivity index (χ0) is 35.4. The molecule has 0 amide bonds. The molecule has 4 aromatic carbocycles. The van der Waals surface area contributed by atoms with Crippen LogP contribution in [0, 0.1) is 14.9 Å². The third-order valence-electron chi connectivity index (χ3n) is 8.31. The van der Waals surface area contributed by atoms with Gasteiger partial charge in [0.05, 0.1) is 50.8 Å². The lowest BCUT2D eigenvalue weighted by Crippen LogP contribution is -2.40. The monoisotopic (exact) mass is 795 g/mol. The number of fused-ring (bicyclic) bond motifs is 1. The summed E-state index contributed by atoms with van der Waals surface area (Å²) in [5.41, 5.74) is 5.46. The lowest BCUT2D eigenvalue weighted by atomic mass is 9.91. The minimum Gasteiger partial charge on any atom is -0.493 e. The van der Waals surface area contributed by atoms with E-state index < -0.39 is 12.0 Å². The van der Waals surface area contributed by atoms with Gasteiger partial charge in [-0.05, 0) is 88.0 Å². The molecule has 6 rings (SSSR count). The molecule has 2 heterocycles. The van der Waals surface area contributed by atoms with E-state index in [-0.39, 0.29) is 12.2 Å². The number of carbonyl (C=O) groups is 1. The van der Waals surface area contributed by atoms with Crippen molar-refractivity contribution in [2.75, 3.05) is 13.7 Å². The fraction of sp³-hybridized carbons (Fsp3) is 0.200. The number of esters is 1. The van der Waals surface area contributed by atoms with Gasteiger partial charge in [0.1, 0.15) is 6.61 Å². The summed E-state index contributed by atoms with van der Waals surface area (Å²) in [6, 6.07) is 29.9. The molecule has 0 spiro atoms. The molecule has 0 saturated carbocycles. The van der Waals surface area contributed by atoms with Gasteiger partial charge in [0.15, 0.2) is 16.3 Å². The van der Waals surface area contributed by atoms with Gasteiger partial charge in [-0.15, -0.1) is 0 Å². The Bertz CT molecular complexity index is 2300. The zero-order valence-electron chi connectivity index (χ0n) is 28.0. The maximum absolute atomic E-state index is 14.4. The van der Waals surface area contributed by atoms with E-state index in [9.17, 15) is 9.59 Å². The smallest absolute Gasteiger partial charge is 0.338 e. The summed E-state index contributed by atoms with van der Waals surface area (Å²) < 4.78 is 20.3. The van der Waals surface area contributed by atoms with E-state index >= 15 is 0 Å². The van der Waals surface area contributed by atoms with Gasteiger partial charge in [-0.1, -0.05) is 91.9 Å². The second-order valence-corrected chi connectivity index (χ2v) is 14.1. The average Bonchev–Trinajstić information content (AvgIpc) is 3.44. The van der Waals surface area contributed by atoms with E-state index in [1.165, 1.54) is 11.3 Å². The highest BCUT2D eigenvalue weighted by atomic mass is 127. The molecule has 0 fully saturated rings. The zero-order valence-corrected chi connectivity index (χ0v) is 30.9. The topological polar surface area (TPSA) is 103 Å². The number of aromatic nitrogens is 1. The van der Waals surface area contributed by atoms with Crippen molar-refractivity contribution in [1.82, 2.24) is 4.57 Å². The normalized spacial score (nSPS) is 14.2. The van der Waals surface area contributed by atoms with Crippen LogP contribution in [0.4, 0.5) is 0 Å². The SMILES string of the molecule is CCOC(=O)C1=C(c2ccccc2)N=c2s/c(=C\c3cc(I)c(OCc4ccc(C#N)cc4)c(OC)c3)c(=O)n2[C@@H]1c1ccc(C(C)C)cc1. The lowest BCUT2D eigenvalue weighted by molar-refractivity contribution is -0.138. The molecular formula is C40H34IN3O5S. The van der Waals surface area contributed by atoms with Crippen LogP contribution in [0.25, 0.3) is 11.8 Å². The summed E-state index contributed by atoms with van der Waals surface area (Å²) >= 11 is 3.46. The van der Waals surface area contributed by atoms with E-state index in [1.807, 2.05) is 84.9 Å². The Hall–Kier alpha value is -4.99. The first-order chi connectivity index (χ1) is 24.2. The Labute approximate surface area is 307 Å². The molecule has 0 unspecified atom stereocenters. The Balaban J connectivity index is 1.47. The fourth-order valence-electron chi connectivity index (χ4n) is 5.76. The van der Waals surface area contributed by atoms with Crippen LogP contribution in [-0.2, 0) is 16.1 Å². The van der Waals surface area contributed by atoms with Gasteiger partial charge in [0.25, 0.3) is 5.56 Å². The van der Waals surface area contributed by atoms with Crippen LogP contribution >= 0.6 is 33.9 Å². The van der Waals surface area contributed by atoms with Crippen LogP contribution < -0.4 is 24.4 Å². The minimum absolute atomic E-state index is 0.182. The molecule has 0 aliphatic carbocycles. The number of nitrogens with zero attached hydrogens (tertiary/aromatic N) is 3. The van der Waals surface area contributed by atoms with Gasteiger partial charge in [-0.25, -0.2) is 9.79 Å². The largest absolute Gasteiger partial charge is 0.493 e. The van der Waals surface area contributed by atoms with Crippen molar-refractivity contribution in [2.45, 2.75) is 39.3 Å². The predicted molar refractivity (Wildman–Crippen MR) is 203 cm³/mol. The third kappa shape index (κ3) is 7.15. The number of hydrogen-bond donors (Lipinski definition) is 0. The minimum atomic E-state index is -0.753. The van der Waals surface area contributed by atoms with Crippen molar-refractivity contribution in [3.05, 3.63) is 153 Å². The van der Waals surface area contributed by atoms with Crippen LogP contribution in [0.3, 0.4) is 0 Å². The van der Waals surface area contributed by atoms with Crippen molar-refractivity contribution in [3.8, 4) is 17.6 Å². The van der Waals surface area contributed by atoms with Gasteiger partial charge >= 0.3 is 5.97 Å². The molecule has 0 bridgehead atoms. The number of nitriles is 1. The van der Waals surface area contributed by atoms with Crippen molar-refractivity contribution >= 4 is 51.7 Å². The van der Waals surface area contributed by atoms with Gasteiger partial charge in [0.2, 0.25) is 0 Å². The lowest BCUT2D eigenvalue weighted by Gasteiger charge is -2.26. The van der Waals surface area contributed by atoms with Gasteiger partial charge in [0, 0.05) is 5.56 Å². The Morgan fingerprint density at radius 1 is 1.06 bits per heavy atom. The third-order valence-corrected chi connectivity index (χ3v) is 10.1. The second kappa shape index (κ2) is 15.3. The van der Waals surface area contributed by atoms with Crippen molar-refractivity contribution in [3.63, 3.8) is 0 Å². The molecule has 50 heavy (non-hydrogen) atoms. The molecule has 1 aliphatic rings. The van der Waals surface area contributed by atoms with Gasteiger partial charge in [-0.2, -0.15) is 5.26 Å². The van der Waals surface area contributed by atoms with Crippen LogP contribution in [-0.4, -0.2) is 24.3 Å². The molecule has 0 saturated heterocycles. The molecule has 10 heteroatoms. The highest BCUT2D eigenvalue weighted by molar-refractivity contribution is 14.1. The molecule has 1 aromatic heterocycles. The van der Waals surface area contributed by atoms with E-state index in [0.29, 0.717) is 50.2 Å². The van der Waals surface area contributed by atoms with E-state index in [1.54, 1.807) is 30.7 Å². The quantitative estimate of drug-likeness (QED) is 0.110. The summed E-state index contributed by atoms with van der Waals surface area (Å²) in [5.74, 6) is 0.896. The maximum Gasteiger partial charge on any atom is 0.338 e. The number of benzene rings is 4. The summed E-state index contributed by atoms with van der Waals surface area (Å²) in [7, 11) is 1.57. The van der Waals surface area contributed by atoms with E-state index in [4.69, 9.17) is 24.5 Å². The highest BCUT2D eigenvalue weighted by Crippen LogP contribution is 2.37. The van der Waals surface area contributed by atoms with Crippen LogP contribution in [0.1, 0.15) is 66.1 Å². The molecule has 1 aliphatic heterocycles. The number of carbonyl (C=O) groups excluding carboxylic acids is 1. The Morgan fingerprint density at radius 3 is 2.42 bits per heavy atom. The first-order valence-corrected chi connectivity index (χ1v) is 18.0. The molecule has 5 aromatic rings. The van der Waals surface area contributed by atoms with Gasteiger partial charge < -0.3 is 14.2 Å². The molecule has 0 N–H and O–H groups in total. The number of ether oxygens (including phenoxy) is 3. The molecule has 8 nitrogen and oxygen atoms in total. The average molecular weight is 796 g/mol. The first kappa shape index (κ1) is 34.9. The predicted octanol–water partition coefficient (Wildman–Crippen LogP) is 7.12. The maximum atomic E-state index is 14.4. The molecule has 1 atom stereocenters. The molecule has 0 radical (unpaired) electrons. The van der Waals surface area contributed by atoms with Crippen LogP contribution in [0.2, 0.25) is 0 Å². The summed E-state index contributed by atoms with van der Waals surface area (Å²) in [6.07, 6.45) is 1.81. The summed E-state index contributed by atoms with van der Waals surface area (Å²) in [6.45, 7) is 6.49.